The smallest absolute Gasteiger partial charge is 0.258 e. The highest BCUT2D eigenvalue weighted by atomic mass is 32.2. The first-order valence-electron chi connectivity index (χ1n) is 8.58. The number of nitrogens with one attached hydrogen (secondary N) is 1. The van der Waals surface area contributed by atoms with Gasteiger partial charge in [-0.3, -0.25) is 9.59 Å². The minimum absolute atomic E-state index is 0.0204. The molecule has 2 aromatic carbocycles. The number of para-hydroxylation sites is 1. The van der Waals surface area contributed by atoms with E-state index in [1.165, 1.54) is 11.8 Å². The van der Waals surface area contributed by atoms with Crippen molar-refractivity contribution in [2.75, 3.05) is 16.8 Å². The van der Waals surface area contributed by atoms with E-state index in [-0.39, 0.29) is 17.1 Å². The van der Waals surface area contributed by atoms with Gasteiger partial charge in [-0.1, -0.05) is 31.5 Å². The molecule has 1 aliphatic heterocycles. The highest BCUT2D eigenvalue weighted by molar-refractivity contribution is 8.00. The molecule has 1 atom stereocenters. The van der Waals surface area contributed by atoms with Crippen LogP contribution in [0.2, 0.25) is 0 Å². The number of carbonyl (C=O) groups is 2. The van der Waals surface area contributed by atoms with Crippen molar-refractivity contribution in [3.8, 4) is 0 Å². The number of unbranched alkanes of at least 4 members (excludes halogenated alkanes) is 1. The molecule has 1 heterocycles. The molecule has 25 heavy (non-hydrogen) atoms. The first kappa shape index (κ1) is 17.5. The molecule has 1 aliphatic rings. The molecule has 2 amide bonds. The second-order valence-electron chi connectivity index (χ2n) is 6.11. The summed E-state index contributed by atoms with van der Waals surface area (Å²) in [5, 5.41) is 2.78. The van der Waals surface area contributed by atoms with Gasteiger partial charge in [-0.05, 0) is 43.7 Å². The Hall–Kier alpha value is -2.27. The van der Waals surface area contributed by atoms with E-state index >= 15 is 0 Å². The number of amides is 2. The van der Waals surface area contributed by atoms with E-state index in [9.17, 15) is 9.59 Å². The van der Waals surface area contributed by atoms with Crippen molar-refractivity contribution in [2.45, 2.75) is 36.8 Å². The molecular weight excluding hydrogens is 332 g/mol. The maximum Gasteiger partial charge on any atom is 0.258 e. The van der Waals surface area contributed by atoms with Crippen LogP contribution < -0.4 is 10.2 Å². The fourth-order valence-corrected chi connectivity index (χ4v) is 3.70. The van der Waals surface area contributed by atoms with Gasteiger partial charge >= 0.3 is 0 Å². The Morgan fingerprint density at radius 1 is 1.20 bits per heavy atom. The third-order valence-corrected chi connectivity index (χ3v) is 5.38. The minimum atomic E-state index is -0.112. The van der Waals surface area contributed by atoms with E-state index in [1.54, 1.807) is 6.07 Å². The molecule has 1 N–H and O–H groups in total. The Balaban J connectivity index is 1.90. The van der Waals surface area contributed by atoms with Crippen LogP contribution in [0.25, 0.3) is 0 Å². The monoisotopic (exact) mass is 354 g/mol. The standard InChI is InChI=1S/C20H22N2O2S/c1-3-4-12-22(16-8-6-5-7-9-16)20(24)15-10-11-18-17(13-15)21-19(23)14(2)25-18/h5-11,13-14H,3-4,12H2,1-2H3,(H,21,23). The zero-order chi connectivity index (χ0) is 17.8. The van der Waals surface area contributed by atoms with Crippen LogP contribution in [0.4, 0.5) is 11.4 Å². The lowest BCUT2D eigenvalue weighted by molar-refractivity contribution is -0.115. The molecule has 2 aromatic rings. The van der Waals surface area contributed by atoms with Crippen molar-refractivity contribution in [1.82, 2.24) is 0 Å². The topological polar surface area (TPSA) is 49.4 Å². The van der Waals surface area contributed by atoms with Gasteiger partial charge in [-0.25, -0.2) is 0 Å². The highest BCUT2D eigenvalue weighted by Gasteiger charge is 2.25. The minimum Gasteiger partial charge on any atom is -0.324 e. The number of fused-ring (bicyclic) bond motifs is 1. The predicted octanol–water partition coefficient (Wildman–Crippen LogP) is 4.57. The van der Waals surface area contributed by atoms with Gasteiger partial charge in [0.25, 0.3) is 5.91 Å². The van der Waals surface area contributed by atoms with Gasteiger partial charge in [-0.2, -0.15) is 0 Å². The number of carbonyl (C=O) groups excluding carboxylic acids is 2. The molecule has 130 valence electrons. The summed E-state index contributed by atoms with van der Waals surface area (Å²) in [6.45, 7) is 4.67. The molecule has 0 saturated heterocycles. The van der Waals surface area contributed by atoms with E-state index in [4.69, 9.17) is 0 Å². The van der Waals surface area contributed by atoms with Gasteiger partial charge in [0, 0.05) is 22.7 Å². The van der Waals surface area contributed by atoms with Crippen molar-refractivity contribution < 1.29 is 9.59 Å². The molecule has 1 unspecified atom stereocenters. The summed E-state index contributed by atoms with van der Waals surface area (Å²) in [5.41, 5.74) is 2.21. The highest BCUT2D eigenvalue weighted by Crippen LogP contribution is 2.36. The molecule has 0 aliphatic carbocycles. The maximum absolute atomic E-state index is 13.1. The van der Waals surface area contributed by atoms with Gasteiger partial charge < -0.3 is 10.2 Å². The summed E-state index contributed by atoms with van der Waals surface area (Å²) >= 11 is 1.52. The van der Waals surface area contributed by atoms with E-state index < -0.39 is 0 Å². The Morgan fingerprint density at radius 3 is 2.68 bits per heavy atom. The summed E-state index contributed by atoms with van der Waals surface area (Å²) in [6, 6.07) is 15.3. The number of hydrogen-bond acceptors (Lipinski definition) is 3. The van der Waals surface area contributed by atoms with E-state index in [0.29, 0.717) is 12.1 Å². The van der Waals surface area contributed by atoms with Crippen LogP contribution in [0.1, 0.15) is 37.0 Å². The predicted molar refractivity (Wildman–Crippen MR) is 103 cm³/mol. The van der Waals surface area contributed by atoms with E-state index in [0.717, 1.165) is 29.1 Å². The summed E-state index contributed by atoms with van der Waals surface area (Å²) < 4.78 is 0. The summed E-state index contributed by atoms with van der Waals surface area (Å²) in [6.07, 6.45) is 1.96. The quantitative estimate of drug-likeness (QED) is 0.856. The van der Waals surface area contributed by atoms with Gasteiger partial charge in [0.1, 0.15) is 0 Å². The molecule has 0 aromatic heterocycles. The molecule has 0 radical (unpaired) electrons. The molecule has 0 fully saturated rings. The number of hydrogen-bond donors (Lipinski definition) is 1. The molecule has 0 bridgehead atoms. The first-order valence-corrected chi connectivity index (χ1v) is 9.46. The lowest BCUT2D eigenvalue weighted by Gasteiger charge is -2.25. The average Bonchev–Trinajstić information content (AvgIpc) is 2.63. The number of anilines is 2. The Labute approximate surface area is 152 Å². The largest absolute Gasteiger partial charge is 0.324 e. The van der Waals surface area contributed by atoms with E-state index in [1.807, 2.05) is 54.3 Å². The first-order chi connectivity index (χ1) is 12.1. The van der Waals surface area contributed by atoms with Crippen LogP contribution in [0.5, 0.6) is 0 Å². The summed E-state index contributed by atoms with van der Waals surface area (Å²) in [4.78, 5) is 27.8. The number of thioether (sulfide) groups is 1. The van der Waals surface area contributed by atoms with Crippen molar-refractivity contribution in [2.24, 2.45) is 0 Å². The third kappa shape index (κ3) is 3.87. The van der Waals surface area contributed by atoms with E-state index in [2.05, 4.69) is 12.2 Å². The lowest BCUT2D eigenvalue weighted by Crippen LogP contribution is -2.32. The van der Waals surface area contributed by atoms with Gasteiger partial charge in [0.2, 0.25) is 5.91 Å². The SMILES string of the molecule is CCCCN(C(=O)c1ccc2c(c1)NC(=O)C(C)S2)c1ccccc1. The number of rotatable bonds is 5. The van der Waals surface area contributed by atoms with Crippen LogP contribution in [-0.4, -0.2) is 23.6 Å². The molecular formula is C20H22N2O2S. The fraction of sp³-hybridized carbons (Fsp3) is 0.300. The van der Waals surface area contributed by atoms with Gasteiger partial charge in [-0.15, -0.1) is 11.8 Å². The van der Waals surface area contributed by atoms with Gasteiger partial charge in [0.15, 0.2) is 0 Å². The summed E-state index contributed by atoms with van der Waals surface area (Å²) in [7, 11) is 0. The zero-order valence-electron chi connectivity index (χ0n) is 14.5. The second-order valence-corrected chi connectivity index (χ2v) is 7.49. The van der Waals surface area contributed by atoms with Crippen molar-refractivity contribution in [3.05, 3.63) is 54.1 Å². The van der Waals surface area contributed by atoms with Crippen LogP contribution in [-0.2, 0) is 4.79 Å². The molecule has 3 rings (SSSR count). The van der Waals surface area contributed by atoms with Gasteiger partial charge in [0.05, 0.1) is 10.9 Å². The zero-order valence-corrected chi connectivity index (χ0v) is 15.3. The number of nitrogens with zero attached hydrogens (tertiary/aromatic N) is 1. The van der Waals surface area contributed by atoms with Crippen molar-refractivity contribution in [3.63, 3.8) is 0 Å². The molecule has 0 saturated carbocycles. The molecule has 5 heteroatoms. The summed E-state index contributed by atoms with van der Waals surface area (Å²) in [5.74, 6) is -0.0617. The molecule has 4 nitrogen and oxygen atoms in total. The Morgan fingerprint density at radius 2 is 1.96 bits per heavy atom. The molecule has 0 spiro atoms. The van der Waals surface area contributed by atoms with Crippen LogP contribution in [0, 0.1) is 0 Å². The average molecular weight is 354 g/mol. The normalized spacial score (nSPS) is 16.1. The maximum atomic E-state index is 13.1. The Kier molecular flexibility index (Phi) is 5.43. The Bertz CT molecular complexity index is 777. The van der Waals surface area contributed by atoms with Crippen LogP contribution in [0.3, 0.4) is 0 Å². The van der Waals surface area contributed by atoms with Crippen molar-refractivity contribution in [1.29, 1.82) is 0 Å². The van der Waals surface area contributed by atoms with Crippen molar-refractivity contribution >= 4 is 35.0 Å². The second kappa shape index (κ2) is 7.74. The van der Waals surface area contributed by atoms with Crippen LogP contribution in [0.15, 0.2) is 53.4 Å². The third-order valence-electron chi connectivity index (χ3n) is 4.21. The number of benzene rings is 2. The van der Waals surface area contributed by atoms with Crippen LogP contribution >= 0.6 is 11.8 Å². The fourth-order valence-electron chi connectivity index (χ4n) is 2.77. The lowest BCUT2D eigenvalue weighted by atomic mass is 10.1.